The lowest BCUT2D eigenvalue weighted by molar-refractivity contribution is -0.173. The van der Waals surface area contributed by atoms with Gasteiger partial charge in [-0.25, -0.2) is 4.68 Å². The molecule has 37 heavy (non-hydrogen) atoms. The number of benzene rings is 2. The van der Waals surface area contributed by atoms with E-state index >= 15 is 0 Å². The number of fused-ring (bicyclic) bond motifs is 1. The summed E-state index contributed by atoms with van der Waals surface area (Å²) >= 11 is 0. The lowest BCUT2D eigenvalue weighted by Gasteiger charge is -2.34. The topological polar surface area (TPSA) is 107 Å². The Morgan fingerprint density at radius 2 is 1.76 bits per heavy atom. The fourth-order valence-corrected chi connectivity index (χ4v) is 4.29. The van der Waals surface area contributed by atoms with Gasteiger partial charge in [-0.05, 0) is 42.3 Å². The Morgan fingerprint density at radius 1 is 1.14 bits per heavy atom. The molecule has 0 aliphatic carbocycles. The zero-order valence-electron chi connectivity index (χ0n) is 20.6. The molecular formula is C25H27F3N4O5. The molecule has 0 fully saturated rings. The molecule has 198 valence electrons. The largest absolute Gasteiger partial charge is 0.493 e. The van der Waals surface area contributed by atoms with Gasteiger partial charge in [-0.2, -0.15) is 18.3 Å². The van der Waals surface area contributed by atoms with Crippen molar-refractivity contribution in [2.75, 3.05) is 32.0 Å². The summed E-state index contributed by atoms with van der Waals surface area (Å²) in [6.07, 6.45) is -4.56. The number of nitrogens with zero attached hydrogens (tertiary/aromatic N) is 2. The summed E-state index contributed by atoms with van der Waals surface area (Å²) in [5, 5.41) is 19.3. The zero-order chi connectivity index (χ0) is 26.9. The highest BCUT2D eigenvalue weighted by atomic mass is 19.4. The third-order valence-electron chi connectivity index (χ3n) is 6.22. The summed E-state index contributed by atoms with van der Waals surface area (Å²) in [5.74, 6) is 0.193. The number of methoxy groups -OCH3 is 3. The Bertz CT molecular complexity index is 1250. The van der Waals surface area contributed by atoms with Crippen LogP contribution in [0.4, 0.5) is 24.7 Å². The fraction of sp³-hybridized carbons (Fsp3) is 0.360. The quantitative estimate of drug-likeness (QED) is 0.408. The monoisotopic (exact) mass is 520 g/mol. The minimum atomic E-state index is -4.62. The van der Waals surface area contributed by atoms with Gasteiger partial charge < -0.3 is 30.0 Å². The number of rotatable bonds is 7. The van der Waals surface area contributed by atoms with Crippen molar-refractivity contribution in [2.24, 2.45) is 0 Å². The van der Waals surface area contributed by atoms with Crippen LogP contribution >= 0.6 is 0 Å². The van der Waals surface area contributed by atoms with Crippen molar-refractivity contribution in [1.82, 2.24) is 9.78 Å². The predicted octanol–water partition coefficient (Wildman–Crippen LogP) is 4.87. The molecule has 3 N–H and O–H groups in total. The van der Waals surface area contributed by atoms with Gasteiger partial charge in [0.25, 0.3) is 5.91 Å². The minimum Gasteiger partial charge on any atom is -0.493 e. The zero-order valence-corrected chi connectivity index (χ0v) is 20.6. The second-order valence-electron chi connectivity index (χ2n) is 8.55. The van der Waals surface area contributed by atoms with Crippen molar-refractivity contribution >= 4 is 17.4 Å². The van der Waals surface area contributed by atoms with Gasteiger partial charge in [0.2, 0.25) is 5.75 Å². The molecule has 0 bridgehead atoms. The van der Waals surface area contributed by atoms with Gasteiger partial charge >= 0.3 is 6.18 Å². The molecule has 3 aromatic rings. The lowest BCUT2D eigenvalue weighted by atomic mass is 9.95. The van der Waals surface area contributed by atoms with Crippen molar-refractivity contribution in [3.63, 3.8) is 0 Å². The van der Waals surface area contributed by atoms with Crippen molar-refractivity contribution in [1.29, 1.82) is 0 Å². The summed E-state index contributed by atoms with van der Waals surface area (Å²) in [7, 11) is 4.26. The van der Waals surface area contributed by atoms with Crippen LogP contribution in [0.3, 0.4) is 0 Å². The Balaban J connectivity index is 1.70. The van der Waals surface area contributed by atoms with Crippen molar-refractivity contribution in [2.45, 2.75) is 37.7 Å². The van der Waals surface area contributed by atoms with Crippen LogP contribution in [-0.4, -0.2) is 48.3 Å². The van der Waals surface area contributed by atoms with Gasteiger partial charge in [0.1, 0.15) is 11.4 Å². The van der Waals surface area contributed by atoms with E-state index in [4.69, 9.17) is 14.2 Å². The molecule has 1 aromatic heterocycles. The lowest BCUT2D eigenvalue weighted by Crippen LogP contribution is -2.36. The Hall–Kier alpha value is -3.93. The number of aromatic nitrogens is 2. The molecule has 0 spiro atoms. The summed E-state index contributed by atoms with van der Waals surface area (Å²) < 4.78 is 59.1. The number of carbonyl (C=O) groups excluding carboxylic acids is 1. The third kappa shape index (κ3) is 5.15. The van der Waals surface area contributed by atoms with Gasteiger partial charge in [0.05, 0.1) is 39.7 Å². The summed E-state index contributed by atoms with van der Waals surface area (Å²) in [4.78, 5) is 13.1. The van der Waals surface area contributed by atoms with Crippen LogP contribution in [0.15, 0.2) is 42.6 Å². The number of alkyl halides is 3. The van der Waals surface area contributed by atoms with Gasteiger partial charge in [0, 0.05) is 12.1 Å². The second kappa shape index (κ2) is 10.2. The van der Waals surface area contributed by atoms with Gasteiger partial charge in [0.15, 0.2) is 17.5 Å². The number of hydrogen-bond acceptors (Lipinski definition) is 7. The number of aliphatic hydroxyl groups is 1. The van der Waals surface area contributed by atoms with E-state index in [1.807, 2.05) is 0 Å². The summed E-state index contributed by atoms with van der Waals surface area (Å²) in [5.41, 5.74) is 1.48. The summed E-state index contributed by atoms with van der Waals surface area (Å²) in [6, 6.07) is 6.81. The van der Waals surface area contributed by atoms with Gasteiger partial charge in [-0.15, -0.1) is 0 Å². The number of halogens is 3. The van der Waals surface area contributed by atoms with Gasteiger partial charge in [-0.3, -0.25) is 4.79 Å². The maximum absolute atomic E-state index is 14.1. The van der Waals surface area contributed by atoms with Gasteiger partial charge in [-0.1, -0.05) is 12.1 Å². The van der Waals surface area contributed by atoms with E-state index in [9.17, 15) is 23.1 Å². The third-order valence-corrected chi connectivity index (χ3v) is 6.22. The standard InChI is InChI=1S/C25H27F3N4O5/c1-13(33)14-5-7-16(8-6-14)30-24(34)17-12-29-32-21(25(26,27)28)11-18(31-23(17)32)15-9-19(35-2)22(37-4)20(10-15)36-3/h5-10,12-13,18,21,31,33H,11H2,1-4H3,(H,30,34)/t13-,18-,21+/m1/s1. The first-order valence-corrected chi connectivity index (χ1v) is 11.4. The number of nitrogens with one attached hydrogen (secondary N) is 2. The van der Waals surface area contributed by atoms with E-state index in [0.29, 0.717) is 34.1 Å². The predicted molar refractivity (Wildman–Crippen MR) is 129 cm³/mol. The molecule has 3 atom stereocenters. The van der Waals surface area contributed by atoms with Crippen LogP contribution in [0.1, 0.15) is 53.0 Å². The van der Waals surface area contributed by atoms with Crippen LogP contribution in [-0.2, 0) is 0 Å². The van der Waals surface area contributed by atoms with E-state index < -0.39 is 30.3 Å². The average molecular weight is 521 g/mol. The maximum Gasteiger partial charge on any atom is 0.410 e. The van der Waals surface area contributed by atoms with Crippen LogP contribution in [0.2, 0.25) is 0 Å². The van der Waals surface area contributed by atoms with E-state index in [1.165, 1.54) is 21.3 Å². The average Bonchev–Trinajstić information content (AvgIpc) is 3.31. The normalized spacial score (nSPS) is 17.8. The molecule has 1 aliphatic heterocycles. The second-order valence-corrected chi connectivity index (χ2v) is 8.55. The molecule has 2 heterocycles. The highest BCUT2D eigenvalue weighted by Gasteiger charge is 2.47. The molecule has 9 nitrogen and oxygen atoms in total. The fourth-order valence-electron chi connectivity index (χ4n) is 4.29. The number of amides is 1. The molecule has 1 amide bonds. The Morgan fingerprint density at radius 3 is 2.27 bits per heavy atom. The molecule has 0 unspecified atom stereocenters. The number of ether oxygens (including phenoxy) is 3. The molecule has 0 radical (unpaired) electrons. The summed E-state index contributed by atoms with van der Waals surface area (Å²) in [6.45, 7) is 1.61. The van der Waals surface area contributed by atoms with E-state index in [2.05, 4.69) is 15.7 Å². The minimum absolute atomic E-state index is 0.0500. The first-order valence-electron chi connectivity index (χ1n) is 11.4. The molecule has 0 saturated heterocycles. The van der Waals surface area contributed by atoms with E-state index in [-0.39, 0.29) is 17.8 Å². The van der Waals surface area contributed by atoms with Crippen molar-refractivity contribution in [3.8, 4) is 17.2 Å². The van der Waals surface area contributed by atoms with E-state index in [1.54, 1.807) is 43.3 Å². The number of aliphatic hydroxyl groups excluding tert-OH is 1. The molecule has 2 aromatic carbocycles. The molecular weight excluding hydrogens is 493 g/mol. The molecule has 12 heteroatoms. The smallest absolute Gasteiger partial charge is 0.410 e. The number of hydrogen-bond donors (Lipinski definition) is 3. The molecule has 1 aliphatic rings. The van der Waals surface area contributed by atoms with E-state index in [0.717, 1.165) is 10.9 Å². The van der Waals surface area contributed by atoms with Crippen LogP contribution in [0.5, 0.6) is 17.2 Å². The first-order chi connectivity index (χ1) is 17.6. The Kier molecular flexibility index (Phi) is 7.21. The number of anilines is 2. The van der Waals surface area contributed by atoms with Crippen molar-refractivity contribution in [3.05, 3.63) is 59.3 Å². The van der Waals surface area contributed by atoms with Crippen LogP contribution in [0.25, 0.3) is 0 Å². The van der Waals surface area contributed by atoms with Crippen molar-refractivity contribution < 1.29 is 37.3 Å². The first kappa shape index (κ1) is 26.1. The highest BCUT2D eigenvalue weighted by molar-refractivity contribution is 6.07. The van der Waals surface area contributed by atoms with Crippen LogP contribution in [0, 0.1) is 0 Å². The number of carbonyl (C=O) groups is 1. The maximum atomic E-state index is 14.1. The SMILES string of the molecule is COc1cc([C@H]2C[C@@H](C(F)(F)F)n3ncc(C(=O)Nc4ccc([C@@H](C)O)cc4)c3N2)cc(OC)c1OC. The molecule has 4 rings (SSSR count). The molecule has 0 saturated carbocycles. The van der Waals surface area contributed by atoms with Crippen LogP contribution < -0.4 is 24.8 Å². The Labute approximate surface area is 211 Å². The highest BCUT2D eigenvalue weighted by Crippen LogP contribution is 2.47.